The van der Waals surface area contributed by atoms with Crippen LogP contribution >= 0.6 is 0 Å². The molecule has 0 radical (unpaired) electrons. The maximum absolute atomic E-state index is 13.7. The first-order valence-electron chi connectivity index (χ1n) is 6.80. The zero-order valence-electron chi connectivity index (χ0n) is 12.5. The lowest BCUT2D eigenvalue weighted by Gasteiger charge is -2.17. The van der Waals surface area contributed by atoms with Gasteiger partial charge in [0, 0.05) is 17.8 Å². The summed E-state index contributed by atoms with van der Waals surface area (Å²) in [5.74, 6) is -3.87. The molecule has 21 heavy (non-hydrogen) atoms. The Kier molecular flexibility index (Phi) is 4.25. The van der Waals surface area contributed by atoms with Gasteiger partial charge in [-0.2, -0.15) is 5.10 Å². The molecule has 0 fully saturated rings. The lowest BCUT2D eigenvalue weighted by molar-refractivity contribution is 0.448. The third-order valence-corrected chi connectivity index (χ3v) is 3.58. The predicted octanol–water partition coefficient (Wildman–Crippen LogP) is 4.11. The van der Waals surface area contributed by atoms with Crippen molar-refractivity contribution >= 4 is 5.69 Å². The van der Waals surface area contributed by atoms with Crippen molar-refractivity contribution in [2.45, 2.75) is 40.3 Å². The standard InChI is InChI=1S/C15H18F3N3/c1-5-21-10(4)13(9(3)20-21)8(2)19-12-7-6-11(16)14(17)15(12)18/h6-8,19H,5H2,1-4H3. The Labute approximate surface area is 121 Å². The van der Waals surface area contributed by atoms with Crippen LogP contribution in [0.3, 0.4) is 0 Å². The molecule has 1 aromatic heterocycles. The highest BCUT2D eigenvalue weighted by molar-refractivity contribution is 5.48. The Morgan fingerprint density at radius 1 is 1.19 bits per heavy atom. The van der Waals surface area contributed by atoms with E-state index in [1.54, 1.807) is 0 Å². The van der Waals surface area contributed by atoms with Crippen molar-refractivity contribution in [2.75, 3.05) is 5.32 Å². The van der Waals surface area contributed by atoms with Crippen LogP contribution in [-0.2, 0) is 6.54 Å². The van der Waals surface area contributed by atoms with E-state index in [0.29, 0.717) is 0 Å². The van der Waals surface area contributed by atoms with E-state index in [1.807, 2.05) is 32.4 Å². The van der Waals surface area contributed by atoms with Gasteiger partial charge in [0.2, 0.25) is 0 Å². The number of hydrogen-bond donors (Lipinski definition) is 1. The summed E-state index contributed by atoms with van der Waals surface area (Å²) in [5, 5.41) is 7.27. The third-order valence-electron chi connectivity index (χ3n) is 3.58. The molecule has 2 rings (SSSR count). The maximum Gasteiger partial charge on any atom is 0.196 e. The maximum atomic E-state index is 13.7. The van der Waals surface area contributed by atoms with Gasteiger partial charge < -0.3 is 5.32 Å². The molecule has 0 spiro atoms. The van der Waals surface area contributed by atoms with Gasteiger partial charge in [-0.3, -0.25) is 4.68 Å². The van der Waals surface area contributed by atoms with Crippen molar-refractivity contribution in [3.8, 4) is 0 Å². The molecule has 0 bridgehead atoms. The van der Waals surface area contributed by atoms with Gasteiger partial charge in [0.25, 0.3) is 0 Å². The second kappa shape index (κ2) is 5.79. The highest BCUT2D eigenvalue weighted by atomic mass is 19.2. The molecule has 0 aliphatic heterocycles. The number of halogens is 3. The van der Waals surface area contributed by atoms with E-state index >= 15 is 0 Å². The summed E-state index contributed by atoms with van der Waals surface area (Å²) < 4.78 is 41.8. The minimum absolute atomic E-state index is 0.0653. The van der Waals surface area contributed by atoms with Gasteiger partial charge in [-0.05, 0) is 39.8 Å². The van der Waals surface area contributed by atoms with E-state index < -0.39 is 17.5 Å². The molecule has 0 aliphatic carbocycles. The second-order valence-electron chi connectivity index (χ2n) is 4.99. The first-order valence-corrected chi connectivity index (χ1v) is 6.80. The number of anilines is 1. The summed E-state index contributed by atoms with van der Waals surface area (Å²) in [7, 11) is 0. The van der Waals surface area contributed by atoms with Gasteiger partial charge in [-0.25, -0.2) is 13.2 Å². The molecule has 0 saturated heterocycles. The van der Waals surface area contributed by atoms with Gasteiger partial charge in [0.05, 0.1) is 17.4 Å². The number of hydrogen-bond acceptors (Lipinski definition) is 2. The number of benzene rings is 1. The summed E-state index contributed by atoms with van der Waals surface area (Å²) in [6.07, 6.45) is 0. The van der Waals surface area contributed by atoms with E-state index in [9.17, 15) is 13.2 Å². The fraction of sp³-hybridized carbons (Fsp3) is 0.400. The lowest BCUT2D eigenvalue weighted by atomic mass is 10.1. The summed E-state index contributed by atoms with van der Waals surface area (Å²) in [5.41, 5.74) is 2.67. The first kappa shape index (κ1) is 15.4. The van der Waals surface area contributed by atoms with E-state index in [0.717, 1.165) is 29.6 Å². The van der Waals surface area contributed by atoms with E-state index in [4.69, 9.17) is 0 Å². The van der Waals surface area contributed by atoms with Crippen molar-refractivity contribution < 1.29 is 13.2 Å². The molecule has 0 amide bonds. The molecule has 0 saturated carbocycles. The number of rotatable bonds is 4. The van der Waals surface area contributed by atoms with Crippen LogP contribution in [0.1, 0.15) is 36.8 Å². The van der Waals surface area contributed by atoms with Crippen molar-refractivity contribution in [3.05, 3.63) is 46.5 Å². The van der Waals surface area contributed by atoms with Crippen LogP contribution in [-0.4, -0.2) is 9.78 Å². The molecule has 3 nitrogen and oxygen atoms in total. The van der Waals surface area contributed by atoms with Crippen LogP contribution in [0.4, 0.5) is 18.9 Å². The minimum atomic E-state index is -1.47. The fourth-order valence-corrected chi connectivity index (χ4v) is 2.59. The molecule has 1 heterocycles. The number of nitrogens with one attached hydrogen (secondary N) is 1. The minimum Gasteiger partial charge on any atom is -0.376 e. The molecular weight excluding hydrogens is 279 g/mol. The summed E-state index contributed by atoms with van der Waals surface area (Å²) in [6, 6.07) is 1.83. The normalized spacial score (nSPS) is 12.5. The van der Waals surface area contributed by atoms with Crippen molar-refractivity contribution in [1.82, 2.24) is 9.78 Å². The molecule has 6 heteroatoms. The largest absolute Gasteiger partial charge is 0.376 e. The zero-order chi connectivity index (χ0) is 15.7. The van der Waals surface area contributed by atoms with Crippen LogP contribution < -0.4 is 5.32 Å². The average molecular weight is 297 g/mol. The third kappa shape index (κ3) is 2.75. The molecule has 1 aromatic carbocycles. The Hall–Kier alpha value is -1.98. The molecule has 114 valence electrons. The topological polar surface area (TPSA) is 29.9 Å². The Bertz CT molecular complexity index is 665. The number of aromatic nitrogens is 2. The molecule has 1 N–H and O–H groups in total. The quantitative estimate of drug-likeness (QED) is 0.861. The zero-order valence-corrected chi connectivity index (χ0v) is 12.5. The van der Waals surface area contributed by atoms with Crippen molar-refractivity contribution in [3.63, 3.8) is 0 Å². The monoisotopic (exact) mass is 297 g/mol. The van der Waals surface area contributed by atoms with Crippen LogP contribution in [0, 0.1) is 31.3 Å². The molecule has 0 aliphatic rings. The SMILES string of the molecule is CCn1nc(C)c(C(C)Nc2ccc(F)c(F)c2F)c1C. The van der Waals surface area contributed by atoms with Crippen LogP contribution in [0.25, 0.3) is 0 Å². The van der Waals surface area contributed by atoms with Gasteiger partial charge >= 0.3 is 0 Å². The fourth-order valence-electron chi connectivity index (χ4n) is 2.59. The van der Waals surface area contributed by atoms with Gasteiger partial charge in [-0.15, -0.1) is 0 Å². The Morgan fingerprint density at radius 2 is 1.86 bits per heavy atom. The summed E-state index contributed by atoms with van der Waals surface area (Å²) in [6.45, 7) is 8.35. The van der Waals surface area contributed by atoms with Crippen molar-refractivity contribution in [1.29, 1.82) is 0 Å². The predicted molar refractivity (Wildman–Crippen MR) is 75.7 cm³/mol. The second-order valence-corrected chi connectivity index (χ2v) is 4.99. The van der Waals surface area contributed by atoms with E-state index in [1.165, 1.54) is 6.07 Å². The summed E-state index contributed by atoms with van der Waals surface area (Å²) >= 11 is 0. The van der Waals surface area contributed by atoms with Crippen LogP contribution in [0.5, 0.6) is 0 Å². The Morgan fingerprint density at radius 3 is 2.43 bits per heavy atom. The van der Waals surface area contributed by atoms with Crippen LogP contribution in [0.15, 0.2) is 12.1 Å². The Balaban J connectivity index is 2.33. The van der Waals surface area contributed by atoms with Gasteiger partial charge in [0.15, 0.2) is 17.5 Å². The van der Waals surface area contributed by atoms with E-state index in [2.05, 4.69) is 10.4 Å². The van der Waals surface area contributed by atoms with E-state index in [-0.39, 0.29) is 11.7 Å². The lowest BCUT2D eigenvalue weighted by Crippen LogP contribution is -2.11. The van der Waals surface area contributed by atoms with Gasteiger partial charge in [0.1, 0.15) is 0 Å². The number of nitrogens with zero attached hydrogens (tertiary/aromatic N) is 2. The van der Waals surface area contributed by atoms with Crippen molar-refractivity contribution in [2.24, 2.45) is 0 Å². The molecule has 2 aromatic rings. The molecule has 1 atom stereocenters. The summed E-state index contributed by atoms with van der Waals surface area (Å²) in [4.78, 5) is 0. The smallest absolute Gasteiger partial charge is 0.196 e. The van der Waals surface area contributed by atoms with Crippen LogP contribution in [0.2, 0.25) is 0 Å². The van der Waals surface area contributed by atoms with Gasteiger partial charge in [-0.1, -0.05) is 0 Å². The average Bonchev–Trinajstić information content (AvgIpc) is 2.74. The highest BCUT2D eigenvalue weighted by Crippen LogP contribution is 2.27. The first-order chi connectivity index (χ1) is 9.86. The highest BCUT2D eigenvalue weighted by Gasteiger charge is 2.20. The number of aryl methyl sites for hydroxylation is 2. The molecular formula is C15H18F3N3. The molecule has 1 unspecified atom stereocenters.